The molecule has 4 nitrogen and oxygen atoms in total. The van der Waals surface area contributed by atoms with Crippen LogP contribution < -0.4 is 5.32 Å². The molecule has 0 saturated heterocycles. The van der Waals surface area contributed by atoms with Crippen LogP contribution in [-0.4, -0.2) is 27.9 Å². The molecule has 0 aliphatic heterocycles. The maximum atomic E-state index is 4.39. The number of hydrogen-bond acceptors (Lipinski definition) is 3. The van der Waals surface area contributed by atoms with Gasteiger partial charge in [0.05, 0.1) is 0 Å². The summed E-state index contributed by atoms with van der Waals surface area (Å²) in [5.41, 5.74) is 0. The van der Waals surface area contributed by atoms with Gasteiger partial charge in [-0.2, -0.15) is 5.10 Å². The van der Waals surface area contributed by atoms with Gasteiger partial charge in [-0.3, -0.25) is 0 Å². The molecule has 4 heteroatoms. The van der Waals surface area contributed by atoms with E-state index in [1.807, 2.05) is 11.7 Å². The highest BCUT2D eigenvalue weighted by Gasteiger charge is 2.20. The first-order valence-corrected chi connectivity index (χ1v) is 6.69. The summed E-state index contributed by atoms with van der Waals surface area (Å²) >= 11 is 0. The molecule has 1 unspecified atom stereocenters. The predicted molar refractivity (Wildman–Crippen MR) is 71.0 cm³/mol. The Balaban J connectivity index is 2.76. The summed E-state index contributed by atoms with van der Waals surface area (Å²) in [7, 11) is 2.04. The quantitative estimate of drug-likeness (QED) is 0.793. The molecule has 1 aromatic heterocycles. The molecule has 0 saturated carbocycles. The lowest BCUT2D eigenvalue weighted by Crippen LogP contribution is -2.36. The molecule has 1 aromatic rings. The Morgan fingerprint density at radius 1 is 1.29 bits per heavy atom. The first-order chi connectivity index (χ1) is 8.13. The van der Waals surface area contributed by atoms with Crippen LogP contribution in [0.2, 0.25) is 0 Å². The van der Waals surface area contributed by atoms with E-state index in [2.05, 4.69) is 43.1 Å². The average molecular weight is 238 g/mol. The van der Waals surface area contributed by atoms with Crippen LogP contribution in [0.25, 0.3) is 0 Å². The fourth-order valence-corrected chi connectivity index (χ4v) is 2.41. The minimum atomic E-state index is 0.381. The van der Waals surface area contributed by atoms with Crippen LogP contribution >= 0.6 is 0 Å². The molecule has 1 atom stereocenters. The lowest BCUT2D eigenvalue weighted by Gasteiger charge is -2.25. The van der Waals surface area contributed by atoms with Gasteiger partial charge < -0.3 is 5.32 Å². The van der Waals surface area contributed by atoms with Crippen molar-refractivity contribution >= 4 is 0 Å². The van der Waals surface area contributed by atoms with Crippen LogP contribution in [0.1, 0.15) is 52.4 Å². The lowest BCUT2D eigenvalue weighted by molar-refractivity contribution is 0.337. The van der Waals surface area contributed by atoms with Crippen LogP contribution in [0.5, 0.6) is 0 Å². The summed E-state index contributed by atoms with van der Waals surface area (Å²) in [4.78, 5) is 4.39. The summed E-state index contributed by atoms with van der Waals surface area (Å²) < 4.78 is 2.02. The molecule has 0 aliphatic carbocycles. The van der Waals surface area contributed by atoms with Gasteiger partial charge >= 0.3 is 0 Å². The van der Waals surface area contributed by atoms with Crippen LogP contribution in [0.15, 0.2) is 6.33 Å². The maximum Gasteiger partial charge on any atom is 0.138 e. The highest BCUT2D eigenvalue weighted by Crippen LogP contribution is 2.17. The fourth-order valence-electron chi connectivity index (χ4n) is 2.41. The van der Waals surface area contributed by atoms with Crippen molar-refractivity contribution < 1.29 is 0 Å². The minimum absolute atomic E-state index is 0.381. The number of hydrogen-bond donors (Lipinski definition) is 1. The van der Waals surface area contributed by atoms with E-state index in [0.717, 1.165) is 12.2 Å². The van der Waals surface area contributed by atoms with Gasteiger partial charge in [0.25, 0.3) is 0 Å². The third kappa shape index (κ3) is 3.53. The lowest BCUT2D eigenvalue weighted by atomic mass is 9.92. The van der Waals surface area contributed by atoms with Crippen molar-refractivity contribution in [1.82, 2.24) is 20.1 Å². The minimum Gasteiger partial charge on any atom is -0.316 e. The number of likely N-dealkylation sites (N-methyl/N-ethyl adjacent to an activating group) is 1. The Hall–Kier alpha value is -0.900. The smallest absolute Gasteiger partial charge is 0.138 e. The van der Waals surface area contributed by atoms with Crippen LogP contribution in [0.3, 0.4) is 0 Å². The van der Waals surface area contributed by atoms with Crippen molar-refractivity contribution in [2.75, 3.05) is 7.05 Å². The Labute approximate surface area is 105 Å². The van der Waals surface area contributed by atoms with Crippen LogP contribution in [0, 0.1) is 5.92 Å². The second-order valence-electron chi connectivity index (χ2n) is 4.89. The number of nitrogens with one attached hydrogen (secondary N) is 1. The zero-order valence-corrected chi connectivity index (χ0v) is 11.8. The molecular formula is C13H26N4. The molecule has 1 rings (SSSR count). The Bertz CT molecular complexity index is 315. The fraction of sp³-hybridized carbons (Fsp3) is 0.846. The highest BCUT2D eigenvalue weighted by molar-refractivity contribution is 4.92. The van der Waals surface area contributed by atoms with Crippen molar-refractivity contribution in [3.63, 3.8) is 0 Å². The van der Waals surface area contributed by atoms with E-state index in [1.54, 1.807) is 6.33 Å². The SMILES string of the molecule is CCC(CC)C(Cc1ncnn1C(C)C)NC. The van der Waals surface area contributed by atoms with Crippen LogP contribution in [-0.2, 0) is 6.42 Å². The van der Waals surface area contributed by atoms with Gasteiger partial charge in [0.15, 0.2) is 0 Å². The van der Waals surface area contributed by atoms with E-state index in [4.69, 9.17) is 0 Å². The number of nitrogens with zero attached hydrogens (tertiary/aromatic N) is 3. The maximum absolute atomic E-state index is 4.39. The number of aromatic nitrogens is 3. The normalized spacial score (nSPS) is 13.6. The standard InChI is InChI=1S/C13H26N4/c1-6-11(7-2)12(14-5)8-13-15-9-16-17(13)10(3)4/h9-12,14H,6-8H2,1-5H3. The topological polar surface area (TPSA) is 42.7 Å². The summed E-state index contributed by atoms with van der Waals surface area (Å²) in [6, 6.07) is 0.874. The summed E-state index contributed by atoms with van der Waals surface area (Å²) in [5.74, 6) is 1.79. The largest absolute Gasteiger partial charge is 0.316 e. The highest BCUT2D eigenvalue weighted by atomic mass is 15.3. The molecule has 0 spiro atoms. The second-order valence-corrected chi connectivity index (χ2v) is 4.89. The first-order valence-electron chi connectivity index (χ1n) is 6.69. The Morgan fingerprint density at radius 3 is 2.41 bits per heavy atom. The van der Waals surface area contributed by atoms with E-state index >= 15 is 0 Å². The zero-order chi connectivity index (χ0) is 12.8. The van der Waals surface area contributed by atoms with Crippen molar-refractivity contribution in [2.45, 2.75) is 59.0 Å². The third-order valence-electron chi connectivity index (χ3n) is 3.53. The molecule has 0 amide bonds. The summed E-state index contributed by atoms with van der Waals surface area (Å²) in [6.45, 7) is 8.80. The number of rotatable bonds is 7. The molecule has 0 bridgehead atoms. The van der Waals surface area contributed by atoms with E-state index in [9.17, 15) is 0 Å². The molecular weight excluding hydrogens is 212 g/mol. The van der Waals surface area contributed by atoms with Crippen molar-refractivity contribution in [2.24, 2.45) is 5.92 Å². The molecule has 0 radical (unpaired) electrons. The summed E-state index contributed by atoms with van der Waals surface area (Å²) in [6.07, 6.45) is 5.03. The molecule has 1 N–H and O–H groups in total. The average Bonchev–Trinajstić information content (AvgIpc) is 2.77. The molecule has 0 fully saturated rings. The third-order valence-corrected chi connectivity index (χ3v) is 3.53. The van der Waals surface area contributed by atoms with E-state index in [1.165, 1.54) is 12.8 Å². The van der Waals surface area contributed by atoms with E-state index in [0.29, 0.717) is 18.0 Å². The molecule has 1 heterocycles. The van der Waals surface area contributed by atoms with Gasteiger partial charge in [-0.25, -0.2) is 9.67 Å². The van der Waals surface area contributed by atoms with Crippen molar-refractivity contribution in [3.8, 4) is 0 Å². The van der Waals surface area contributed by atoms with Crippen LogP contribution in [0.4, 0.5) is 0 Å². The molecule has 0 aromatic carbocycles. The zero-order valence-electron chi connectivity index (χ0n) is 11.8. The predicted octanol–water partition coefficient (Wildman–Crippen LogP) is 2.43. The van der Waals surface area contributed by atoms with Crippen molar-refractivity contribution in [1.29, 1.82) is 0 Å². The molecule has 0 aliphatic rings. The second kappa shape index (κ2) is 6.74. The molecule has 98 valence electrons. The van der Waals surface area contributed by atoms with E-state index in [-0.39, 0.29) is 0 Å². The van der Waals surface area contributed by atoms with Crippen molar-refractivity contribution in [3.05, 3.63) is 12.2 Å². The van der Waals surface area contributed by atoms with Gasteiger partial charge in [-0.05, 0) is 26.8 Å². The molecule has 17 heavy (non-hydrogen) atoms. The first kappa shape index (κ1) is 14.2. The Morgan fingerprint density at radius 2 is 1.94 bits per heavy atom. The van der Waals surface area contributed by atoms with Gasteiger partial charge in [0, 0.05) is 18.5 Å². The van der Waals surface area contributed by atoms with Gasteiger partial charge in [-0.1, -0.05) is 26.7 Å². The monoisotopic (exact) mass is 238 g/mol. The van der Waals surface area contributed by atoms with Gasteiger partial charge in [0.1, 0.15) is 12.2 Å². The summed E-state index contributed by atoms with van der Waals surface area (Å²) in [5, 5.41) is 7.72. The van der Waals surface area contributed by atoms with E-state index < -0.39 is 0 Å². The van der Waals surface area contributed by atoms with Gasteiger partial charge in [0.2, 0.25) is 0 Å². The van der Waals surface area contributed by atoms with Gasteiger partial charge in [-0.15, -0.1) is 0 Å². The Kier molecular flexibility index (Phi) is 5.62.